The minimum absolute atomic E-state index is 0.130. The van der Waals surface area contributed by atoms with Crippen LogP contribution in [0.3, 0.4) is 0 Å². The fraction of sp³-hybridized carbons (Fsp3) is 0.478. The molecule has 164 valence electrons. The van der Waals surface area contributed by atoms with Gasteiger partial charge in [0, 0.05) is 37.3 Å². The lowest BCUT2D eigenvalue weighted by Crippen LogP contribution is -2.97. The molecule has 3 heterocycles. The molecule has 4 rings (SSSR count). The van der Waals surface area contributed by atoms with Crippen molar-refractivity contribution in [2.45, 2.75) is 52.1 Å². The molecule has 0 unspecified atom stereocenters. The number of carbonyl (C=O) groups excluding carboxylic acids is 2. The summed E-state index contributed by atoms with van der Waals surface area (Å²) in [5.74, 6) is 1.24. The first-order valence-electron chi connectivity index (χ1n) is 11.0. The van der Waals surface area contributed by atoms with Gasteiger partial charge in [-0.2, -0.15) is 0 Å². The van der Waals surface area contributed by atoms with E-state index in [1.54, 1.807) is 24.3 Å². The molecule has 0 radical (unpaired) electrons. The number of amides is 2. The number of imide groups is 1. The van der Waals surface area contributed by atoms with E-state index in [9.17, 15) is 9.59 Å². The van der Waals surface area contributed by atoms with Crippen LogP contribution in [0.4, 0.5) is 11.6 Å². The minimum atomic E-state index is -0.354. The number of hydrogen-bond acceptors (Lipinski definition) is 6. The number of piperidine rings is 1. The maximum Gasteiger partial charge on any atom is 0.292 e. The number of benzene rings is 1. The van der Waals surface area contributed by atoms with Gasteiger partial charge >= 0.3 is 0 Å². The second-order valence-electron chi connectivity index (χ2n) is 8.27. The molecule has 8 nitrogen and oxygen atoms in total. The average Bonchev–Trinajstić information content (AvgIpc) is 3.02. The van der Waals surface area contributed by atoms with E-state index in [1.807, 2.05) is 26.8 Å². The summed E-state index contributed by atoms with van der Waals surface area (Å²) >= 11 is 0. The number of hydrogen-bond donors (Lipinski definition) is 1. The van der Waals surface area contributed by atoms with Gasteiger partial charge in [-0.15, -0.1) is 0 Å². The zero-order valence-corrected chi connectivity index (χ0v) is 18.4. The third-order valence-electron chi connectivity index (χ3n) is 5.88. The number of ether oxygens (including phenoxy) is 1. The quantitative estimate of drug-likeness (QED) is 0.704. The van der Waals surface area contributed by atoms with E-state index in [2.05, 4.69) is 20.2 Å². The van der Waals surface area contributed by atoms with Gasteiger partial charge in [-0.05, 0) is 51.1 Å². The Morgan fingerprint density at radius 2 is 1.71 bits per heavy atom. The van der Waals surface area contributed by atoms with Crippen LogP contribution in [0, 0.1) is 13.8 Å². The van der Waals surface area contributed by atoms with Gasteiger partial charge in [0.05, 0.1) is 24.8 Å². The van der Waals surface area contributed by atoms with Crippen molar-refractivity contribution in [2.24, 2.45) is 0 Å². The number of rotatable bonds is 6. The first kappa shape index (κ1) is 21.2. The van der Waals surface area contributed by atoms with Gasteiger partial charge in [0.2, 0.25) is 11.9 Å². The van der Waals surface area contributed by atoms with Crippen LogP contribution in [0.2, 0.25) is 0 Å². The van der Waals surface area contributed by atoms with Gasteiger partial charge in [0.15, 0.2) is 6.04 Å². The monoisotopic (exact) mass is 424 g/mol. The largest absolute Gasteiger partial charge is 0.494 e. The second-order valence-corrected chi connectivity index (χ2v) is 8.27. The fourth-order valence-electron chi connectivity index (χ4n) is 4.40. The molecule has 0 aliphatic carbocycles. The summed E-state index contributed by atoms with van der Waals surface area (Å²) in [6, 6.07) is 9.06. The predicted octanol–water partition coefficient (Wildman–Crippen LogP) is 1.36. The molecule has 31 heavy (non-hydrogen) atoms. The topological polar surface area (TPSA) is 92.2 Å². The third-order valence-corrected chi connectivity index (χ3v) is 5.88. The smallest absolute Gasteiger partial charge is 0.292 e. The maximum atomic E-state index is 13.0. The van der Waals surface area contributed by atoms with E-state index in [0.29, 0.717) is 18.3 Å². The van der Waals surface area contributed by atoms with Crippen LogP contribution in [0.5, 0.6) is 5.75 Å². The molecule has 1 aromatic carbocycles. The lowest BCUT2D eigenvalue weighted by Gasteiger charge is -2.31. The Morgan fingerprint density at radius 3 is 2.32 bits per heavy atom. The number of aromatic nitrogens is 2. The Hall–Kier alpha value is -3.00. The number of nitrogens with two attached hydrogens (primary N) is 1. The molecule has 1 aromatic heterocycles. The SMILES string of the molecule is CCOc1ccc(N2C(=O)C[C@@H]([NH2+]C3CCN(c4nc(C)cc(C)n4)CC3)C2=O)cc1. The summed E-state index contributed by atoms with van der Waals surface area (Å²) in [6.07, 6.45) is 2.10. The molecule has 0 bridgehead atoms. The van der Waals surface area contributed by atoms with Gasteiger partial charge in [-0.3, -0.25) is 9.59 Å². The number of carbonyl (C=O) groups is 2. The lowest BCUT2D eigenvalue weighted by atomic mass is 10.0. The minimum Gasteiger partial charge on any atom is -0.494 e. The van der Waals surface area contributed by atoms with E-state index in [1.165, 1.54) is 4.90 Å². The van der Waals surface area contributed by atoms with E-state index in [-0.39, 0.29) is 24.3 Å². The molecule has 0 saturated carbocycles. The molecular formula is C23H30N5O3+. The van der Waals surface area contributed by atoms with E-state index in [4.69, 9.17) is 4.74 Å². The standard InChI is InChI=1S/C23H29N5O3/c1-4-31-19-7-5-18(6-8-19)28-21(29)14-20(22(28)30)26-17-9-11-27(12-10-17)23-24-15(2)13-16(3)25-23/h5-8,13,17,20,26H,4,9-12,14H2,1-3H3/p+1/t20-/m1/s1. The van der Waals surface area contributed by atoms with Crippen molar-refractivity contribution < 1.29 is 19.6 Å². The average molecular weight is 425 g/mol. The highest BCUT2D eigenvalue weighted by atomic mass is 16.5. The molecular weight excluding hydrogens is 394 g/mol. The van der Waals surface area contributed by atoms with Crippen molar-refractivity contribution in [2.75, 3.05) is 29.5 Å². The van der Waals surface area contributed by atoms with Gasteiger partial charge in [-0.1, -0.05) is 0 Å². The van der Waals surface area contributed by atoms with Crippen LogP contribution < -0.4 is 19.9 Å². The van der Waals surface area contributed by atoms with Crippen molar-refractivity contribution in [3.8, 4) is 5.75 Å². The van der Waals surface area contributed by atoms with E-state index >= 15 is 0 Å². The summed E-state index contributed by atoms with van der Waals surface area (Å²) in [5, 5.41) is 2.09. The zero-order valence-electron chi connectivity index (χ0n) is 18.4. The Balaban J connectivity index is 1.35. The predicted molar refractivity (Wildman–Crippen MR) is 117 cm³/mol. The van der Waals surface area contributed by atoms with Gasteiger partial charge in [-0.25, -0.2) is 14.9 Å². The Kier molecular flexibility index (Phi) is 6.18. The van der Waals surface area contributed by atoms with E-state index < -0.39 is 0 Å². The van der Waals surface area contributed by atoms with Crippen molar-refractivity contribution in [1.82, 2.24) is 9.97 Å². The fourth-order valence-corrected chi connectivity index (χ4v) is 4.40. The van der Waals surface area contributed by atoms with E-state index in [0.717, 1.165) is 49.0 Å². The first-order chi connectivity index (χ1) is 14.9. The van der Waals surface area contributed by atoms with Crippen LogP contribution in [0.15, 0.2) is 30.3 Å². The van der Waals surface area contributed by atoms with Crippen LogP contribution in [-0.2, 0) is 9.59 Å². The van der Waals surface area contributed by atoms with Crippen molar-refractivity contribution in [3.63, 3.8) is 0 Å². The Labute approximate surface area is 182 Å². The Morgan fingerprint density at radius 1 is 1.06 bits per heavy atom. The van der Waals surface area contributed by atoms with Crippen LogP contribution in [0.25, 0.3) is 0 Å². The molecule has 1 atom stereocenters. The highest BCUT2D eigenvalue weighted by molar-refractivity contribution is 6.21. The lowest BCUT2D eigenvalue weighted by molar-refractivity contribution is -0.709. The molecule has 2 fully saturated rings. The van der Waals surface area contributed by atoms with Crippen LogP contribution in [-0.4, -0.2) is 53.6 Å². The summed E-state index contributed by atoms with van der Waals surface area (Å²) in [6.45, 7) is 8.16. The van der Waals surface area contributed by atoms with Gasteiger partial charge < -0.3 is 15.0 Å². The summed E-state index contributed by atoms with van der Waals surface area (Å²) in [4.78, 5) is 38.2. The highest BCUT2D eigenvalue weighted by Gasteiger charge is 2.43. The number of aryl methyl sites for hydroxylation is 2. The zero-order chi connectivity index (χ0) is 22.0. The van der Waals surface area contributed by atoms with Crippen molar-refractivity contribution in [1.29, 1.82) is 0 Å². The number of quaternary nitrogens is 1. The molecule has 8 heteroatoms. The number of nitrogens with zero attached hydrogens (tertiary/aromatic N) is 4. The molecule has 2 aliphatic rings. The number of anilines is 2. The molecule has 2 N–H and O–H groups in total. The second kappa shape index (κ2) is 9.01. The maximum absolute atomic E-state index is 13.0. The van der Waals surface area contributed by atoms with Crippen LogP contribution in [0.1, 0.15) is 37.6 Å². The third kappa shape index (κ3) is 4.69. The molecule has 0 spiro atoms. The van der Waals surface area contributed by atoms with Gasteiger partial charge in [0.25, 0.3) is 5.91 Å². The van der Waals surface area contributed by atoms with Crippen molar-refractivity contribution in [3.05, 3.63) is 41.7 Å². The molecule has 2 aromatic rings. The van der Waals surface area contributed by atoms with Crippen molar-refractivity contribution >= 4 is 23.5 Å². The molecule has 2 aliphatic heterocycles. The van der Waals surface area contributed by atoms with Gasteiger partial charge in [0.1, 0.15) is 5.75 Å². The highest BCUT2D eigenvalue weighted by Crippen LogP contribution is 2.25. The summed E-state index contributed by atoms with van der Waals surface area (Å²) in [7, 11) is 0. The Bertz CT molecular complexity index is 934. The molecule has 2 saturated heterocycles. The normalized spacial score (nSPS) is 19.9. The van der Waals surface area contributed by atoms with Crippen LogP contribution >= 0.6 is 0 Å². The summed E-state index contributed by atoms with van der Waals surface area (Å²) in [5.41, 5.74) is 2.55. The first-order valence-corrected chi connectivity index (χ1v) is 11.0. The molecule has 2 amide bonds. The summed E-state index contributed by atoms with van der Waals surface area (Å²) < 4.78 is 5.44.